The van der Waals surface area contributed by atoms with Crippen molar-refractivity contribution in [1.29, 1.82) is 0 Å². The predicted octanol–water partition coefficient (Wildman–Crippen LogP) is 2.28. The lowest BCUT2D eigenvalue weighted by molar-refractivity contribution is -0.144. The first-order valence-electron chi connectivity index (χ1n) is 8.48. The number of aryl methyl sites for hydroxylation is 1. The minimum Gasteiger partial charge on any atom is -0.509 e. The van der Waals surface area contributed by atoms with Gasteiger partial charge in [0, 0.05) is 12.4 Å². The maximum Gasteiger partial charge on any atom is 0.232 e. The number of nitrogens with zero attached hydrogens (tertiary/aromatic N) is 2. The van der Waals surface area contributed by atoms with Crippen LogP contribution in [0.4, 0.5) is 0 Å². The van der Waals surface area contributed by atoms with Crippen LogP contribution in [0.1, 0.15) is 31.2 Å². The number of aliphatic hydroxyl groups excluding tert-OH is 1. The van der Waals surface area contributed by atoms with Crippen molar-refractivity contribution in [3.05, 3.63) is 75.5 Å². The first-order valence-corrected chi connectivity index (χ1v) is 8.48. The van der Waals surface area contributed by atoms with Gasteiger partial charge in [-0.15, -0.1) is 0 Å². The second-order valence-corrected chi connectivity index (χ2v) is 6.94. The zero-order valence-corrected chi connectivity index (χ0v) is 14.8. The van der Waals surface area contributed by atoms with Gasteiger partial charge in [0.1, 0.15) is 18.0 Å². The van der Waals surface area contributed by atoms with Crippen molar-refractivity contribution in [2.75, 3.05) is 0 Å². The van der Waals surface area contributed by atoms with Crippen LogP contribution in [0.15, 0.2) is 53.6 Å². The van der Waals surface area contributed by atoms with Gasteiger partial charge in [0.25, 0.3) is 0 Å². The zero-order valence-electron chi connectivity index (χ0n) is 14.8. The summed E-state index contributed by atoms with van der Waals surface area (Å²) in [5.41, 5.74) is 1.56. The summed E-state index contributed by atoms with van der Waals surface area (Å²) in [7, 11) is 0. The summed E-state index contributed by atoms with van der Waals surface area (Å²) in [4.78, 5) is 17.0. The molecule has 4 rings (SSSR count). The quantitative estimate of drug-likeness (QED) is 0.766. The largest absolute Gasteiger partial charge is 0.509 e. The number of hydrogen-bond acceptors (Lipinski definition) is 5. The van der Waals surface area contributed by atoms with Crippen molar-refractivity contribution < 1.29 is 14.6 Å². The highest BCUT2D eigenvalue weighted by molar-refractivity contribution is 5.49. The lowest BCUT2D eigenvalue weighted by atomic mass is 10.0. The molecule has 0 unspecified atom stereocenters. The molecule has 134 valence electrons. The van der Waals surface area contributed by atoms with Crippen LogP contribution in [-0.2, 0) is 9.47 Å². The third-order valence-electron chi connectivity index (χ3n) is 4.47. The molecule has 6 heteroatoms. The number of pyridine rings is 1. The fourth-order valence-corrected chi connectivity index (χ4v) is 3.35. The maximum atomic E-state index is 12.8. The van der Waals surface area contributed by atoms with Crippen molar-refractivity contribution in [1.82, 2.24) is 9.38 Å². The summed E-state index contributed by atoms with van der Waals surface area (Å²) in [6.07, 6.45) is 2.19. The van der Waals surface area contributed by atoms with Gasteiger partial charge in [-0.1, -0.05) is 30.3 Å². The van der Waals surface area contributed by atoms with Gasteiger partial charge in [-0.3, -0.25) is 4.79 Å². The summed E-state index contributed by atoms with van der Waals surface area (Å²) in [5.74, 6) is -1.02. The molecule has 1 aliphatic heterocycles. The highest BCUT2D eigenvalue weighted by Gasteiger charge is 2.44. The molecule has 1 aromatic carbocycles. The fraction of sp³-hybridized carbons (Fsp3) is 0.300. The van der Waals surface area contributed by atoms with Gasteiger partial charge in [0.05, 0.1) is 10.9 Å². The zero-order chi connectivity index (χ0) is 18.5. The Morgan fingerprint density at radius 3 is 2.65 bits per heavy atom. The van der Waals surface area contributed by atoms with E-state index in [1.54, 1.807) is 36.7 Å². The van der Waals surface area contributed by atoms with E-state index in [1.165, 1.54) is 0 Å². The van der Waals surface area contributed by atoms with E-state index >= 15 is 0 Å². The smallest absolute Gasteiger partial charge is 0.232 e. The Morgan fingerprint density at radius 1 is 1.19 bits per heavy atom. The summed E-state index contributed by atoms with van der Waals surface area (Å²) in [6.45, 7) is 5.39. The van der Waals surface area contributed by atoms with E-state index in [4.69, 9.17) is 9.47 Å². The Hall–Kier alpha value is -2.70. The number of fused-ring (bicyclic) bond motifs is 1. The average Bonchev–Trinajstić information content (AvgIpc) is 3.15. The number of benzene rings is 1. The molecule has 0 spiro atoms. The Balaban J connectivity index is 1.88. The highest BCUT2D eigenvalue weighted by atomic mass is 16.8. The molecule has 1 N–H and O–H groups in total. The molecule has 0 radical (unpaired) electrons. The van der Waals surface area contributed by atoms with E-state index in [9.17, 15) is 9.90 Å². The van der Waals surface area contributed by atoms with Crippen molar-refractivity contribution in [3.8, 4) is 0 Å². The third kappa shape index (κ3) is 2.77. The standard InChI is InChI=1S/C20H20N2O4/c1-12-11-22-10-9-14(16(24)19(22)21-12)15(23)18-17(25-20(2,3)26-18)13-7-5-4-6-8-13/h4-11,17-18,23H,1-3H3/b15-14+/t17-,18-/m0/s1. The van der Waals surface area contributed by atoms with Crippen molar-refractivity contribution in [2.45, 2.75) is 38.8 Å². The number of hydrogen-bond donors (Lipinski definition) is 1. The van der Waals surface area contributed by atoms with Crippen LogP contribution in [0.25, 0.3) is 11.4 Å². The molecule has 1 aliphatic rings. The Bertz CT molecular complexity index is 1070. The monoisotopic (exact) mass is 352 g/mol. The molecule has 1 saturated heterocycles. The SMILES string of the molecule is Cc1cn2cc/c(=C(\O)[C@@H]3OC(C)(C)O[C@H]3c3ccccc3)c(=O)c2n1. The van der Waals surface area contributed by atoms with E-state index < -0.39 is 18.0 Å². The number of aliphatic hydroxyl groups is 1. The lowest BCUT2D eigenvalue weighted by Gasteiger charge is -2.16. The third-order valence-corrected chi connectivity index (χ3v) is 4.47. The topological polar surface area (TPSA) is 73.1 Å². The second kappa shape index (κ2) is 5.93. The van der Waals surface area contributed by atoms with Crippen LogP contribution in [-0.4, -0.2) is 26.4 Å². The van der Waals surface area contributed by atoms with Crippen LogP contribution in [0.3, 0.4) is 0 Å². The van der Waals surface area contributed by atoms with Crippen LogP contribution in [0, 0.1) is 6.92 Å². The molecule has 2 aromatic heterocycles. The molecule has 3 heterocycles. The van der Waals surface area contributed by atoms with Gasteiger partial charge in [0.2, 0.25) is 5.43 Å². The second-order valence-electron chi connectivity index (χ2n) is 6.94. The predicted molar refractivity (Wildman–Crippen MR) is 96.7 cm³/mol. The lowest BCUT2D eigenvalue weighted by Crippen LogP contribution is -2.34. The Labute approximate surface area is 150 Å². The Morgan fingerprint density at radius 2 is 1.92 bits per heavy atom. The molecule has 2 atom stereocenters. The van der Waals surface area contributed by atoms with Gasteiger partial charge in [-0.05, 0) is 32.4 Å². The molecule has 1 fully saturated rings. The molecule has 0 bridgehead atoms. The van der Waals surface area contributed by atoms with E-state index in [0.717, 1.165) is 11.3 Å². The molecule has 0 aliphatic carbocycles. The molecule has 0 amide bonds. The minimum absolute atomic E-state index is 0.141. The van der Waals surface area contributed by atoms with Gasteiger partial charge in [0.15, 0.2) is 11.4 Å². The van der Waals surface area contributed by atoms with Crippen molar-refractivity contribution >= 4 is 11.4 Å². The van der Waals surface area contributed by atoms with E-state index in [1.807, 2.05) is 37.3 Å². The van der Waals surface area contributed by atoms with E-state index in [0.29, 0.717) is 0 Å². The van der Waals surface area contributed by atoms with Crippen molar-refractivity contribution in [2.24, 2.45) is 0 Å². The Kier molecular flexibility index (Phi) is 3.82. The summed E-state index contributed by atoms with van der Waals surface area (Å²) >= 11 is 0. The van der Waals surface area contributed by atoms with E-state index in [2.05, 4.69) is 4.98 Å². The normalized spacial score (nSPS) is 23.3. The van der Waals surface area contributed by atoms with Gasteiger partial charge < -0.3 is 19.0 Å². The van der Waals surface area contributed by atoms with Gasteiger partial charge in [-0.25, -0.2) is 4.98 Å². The van der Waals surface area contributed by atoms with Crippen molar-refractivity contribution in [3.63, 3.8) is 0 Å². The summed E-state index contributed by atoms with van der Waals surface area (Å²) in [5, 5.41) is 11.1. The molecular weight excluding hydrogens is 332 g/mol. The number of rotatable bonds is 2. The average molecular weight is 352 g/mol. The van der Waals surface area contributed by atoms with Crippen LogP contribution in [0.5, 0.6) is 0 Å². The molecule has 3 aromatic rings. The van der Waals surface area contributed by atoms with Crippen LogP contribution < -0.4 is 10.6 Å². The maximum absolute atomic E-state index is 12.8. The molecule has 6 nitrogen and oxygen atoms in total. The first-order chi connectivity index (χ1) is 12.4. The number of ether oxygens (including phenoxy) is 2. The number of imidazole rings is 1. The van der Waals surface area contributed by atoms with Gasteiger partial charge in [-0.2, -0.15) is 0 Å². The van der Waals surface area contributed by atoms with Crippen LogP contribution in [0.2, 0.25) is 0 Å². The van der Waals surface area contributed by atoms with Crippen LogP contribution >= 0.6 is 0 Å². The van der Waals surface area contributed by atoms with E-state index in [-0.39, 0.29) is 22.1 Å². The molecule has 0 saturated carbocycles. The first kappa shape index (κ1) is 16.8. The molecule has 26 heavy (non-hydrogen) atoms. The fourth-order valence-electron chi connectivity index (χ4n) is 3.35. The summed E-state index contributed by atoms with van der Waals surface area (Å²) < 4.78 is 13.6. The highest BCUT2D eigenvalue weighted by Crippen LogP contribution is 2.40. The summed E-state index contributed by atoms with van der Waals surface area (Å²) in [6, 6.07) is 11.1. The molecular formula is C20H20N2O4. The minimum atomic E-state index is -0.879. The van der Waals surface area contributed by atoms with Gasteiger partial charge >= 0.3 is 0 Å². The number of aromatic nitrogens is 2.